The van der Waals surface area contributed by atoms with Crippen molar-refractivity contribution >= 4 is 28.9 Å². The standard InChI is InChI=1S/C18H22N2O4S/c1-11-9-20(10-12(2)24-11)18-19-17(21)16(25-18)8-13-7-14(22-3)5-6-15(13)23-4/h5-8,11-12H,9-10H2,1-4H3/b16-8-/t11-,12-/m0/s1. The summed E-state index contributed by atoms with van der Waals surface area (Å²) in [5, 5.41) is 0.736. The maximum absolute atomic E-state index is 12.3. The third-order valence-electron chi connectivity index (χ3n) is 4.02. The monoisotopic (exact) mass is 362 g/mol. The number of ether oxygens (including phenoxy) is 3. The van der Waals surface area contributed by atoms with E-state index >= 15 is 0 Å². The topological polar surface area (TPSA) is 60.4 Å². The lowest BCUT2D eigenvalue weighted by molar-refractivity contribution is -0.113. The summed E-state index contributed by atoms with van der Waals surface area (Å²) in [7, 11) is 3.21. The molecule has 134 valence electrons. The predicted molar refractivity (Wildman–Crippen MR) is 99.1 cm³/mol. The Labute approximate surface area is 151 Å². The van der Waals surface area contributed by atoms with Crippen LogP contribution < -0.4 is 9.47 Å². The minimum absolute atomic E-state index is 0.119. The van der Waals surface area contributed by atoms with Crippen molar-refractivity contribution in [2.45, 2.75) is 26.1 Å². The first-order valence-corrected chi connectivity index (χ1v) is 8.96. The molecule has 0 radical (unpaired) electrons. The van der Waals surface area contributed by atoms with Gasteiger partial charge in [-0.25, -0.2) is 0 Å². The van der Waals surface area contributed by atoms with Gasteiger partial charge in [-0.15, -0.1) is 0 Å². The lowest BCUT2D eigenvalue weighted by Crippen LogP contribution is -2.47. The van der Waals surface area contributed by atoms with Crippen LogP contribution in [0.3, 0.4) is 0 Å². The average molecular weight is 362 g/mol. The molecule has 0 aromatic heterocycles. The zero-order valence-electron chi connectivity index (χ0n) is 14.8. The maximum Gasteiger partial charge on any atom is 0.286 e. The lowest BCUT2D eigenvalue weighted by Gasteiger charge is -2.35. The number of amides is 1. The number of benzene rings is 1. The fourth-order valence-corrected chi connectivity index (χ4v) is 3.88. The van der Waals surface area contributed by atoms with Gasteiger partial charge in [0.25, 0.3) is 5.91 Å². The van der Waals surface area contributed by atoms with Gasteiger partial charge in [-0.3, -0.25) is 4.79 Å². The molecular weight excluding hydrogens is 340 g/mol. The van der Waals surface area contributed by atoms with Crippen molar-refractivity contribution in [1.29, 1.82) is 0 Å². The third kappa shape index (κ3) is 3.99. The molecule has 0 saturated carbocycles. The van der Waals surface area contributed by atoms with Crippen LogP contribution in [-0.2, 0) is 9.53 Å². The summed E-state index contributed by atoms with van der Waals surface area (Å²) in [6.07, 6.45) is 2.04. The SMILES string of the molecule is COc1ccc(OC)c(/C=C2\SC(N3C[C@H](C)O[C@@H](C)C3)=NC2=O)c1. The molecule has 7 heteroatoms. The van der Waals surface area contributed by atoms with Crippen molar-refractivity contribution in [2.75, 3.05) is 27.3 Å². The first-order valence-electron chi connectivity index (χ1n) is 8.15. The molecule has 2 aliphatic heterocycles. The van der Waals surface area contributed by atoms with Gasteiger partial charge in [0.15, 0.2) is 5.17 Å². The molecule has 1 amide bonds. The number of hydrogen-bond acceptors (Lipinski definition) is 6. The van der Waals surface area contributed by atoms with E-state index in [2.05, 4.69) is 9.89 Å². The molecule has 25 heavy (non-hydrogen) atoms. The lowest BCUT2D eigenvalue weighted by atomic mass is 10.1. The summed E-state index contributed by atoms with van der Waals surface area (Å²) in [4.78, 5) is 19.3. The van der Waals surface area contributed by atoms with Crippen LogP contribution in [0.25, 0.3) is 6.08 Å². The largest absolute Gasteiger partial charge is 0.497 e. The van der Waals surface area contributed by atoms with Crippen molar-refractivity contribution in [2.24, 2.45) is 4.99 Å². The van der Waals surface area contributed by atoms with Crippen molar-refractivity contribution in [3.63, 3.8) is 0 Å². The number of thioether (sulfide) groups is 1. The van der Waals surface area contributed by atoms with Gasteiger partial charge in [0, 0.05) is 18.7 Å². The van der Waals surface area contributed by atoms with Crippen LogP contribution in [0.15, 0.2) is 28.1 Å². The van der Waals surface area contributed by atoms with Crippen LogP contribution >= 0.6 is 11.8 Å². The molecule has 6 nitrogen and oxygen atoms in total. The van der Waals surface area contributed by atoms with E-state index in [0.29, 0.717) is 16.4 Å². The van der Waals surface area contributed by atoms with E-state index in [1.807, 2.05) is 32.0 Å². The van der Waals surface area contributed by atoms with Gasteiger partial charge < -0.3 is 19.1 Å². The van der Waals surface area contributed by atoms with Crippen molar-refractivity contribution in [3.8, 4) is 11.5 Å². The molecule has 2 aliphatic rings. The van der Waals surface area contributed by atoms with Crippen LogP contribution in [0.1, 0.15) is 19.4 Å². The van der Waals surface area contributed by atoms with Crippen LogP contribution in [0.5, 0.6) is 11.5 Å². The second kappa shape index (κ2) is 7.49. The Morgan fingerprint density at radius 1 is 1.24 bits per heavy atom. The Bertz CT molecular complexity index is 722. The van der Waals surface area contributed by atoms with E-state index in [9.17, 15) is 4.79 Å². The van der Waals surface area contributed by atoms with E-state index in [4.69, 9.17) is 14.2 Å². The summed E-state index contributed by atoms with van der Waals surface area (Å²) in [5.41, 5.74) is 0.790. The van der Waals surface area contributed by atoms with Gasteiger partial charge in [0.2, 0.25) is 0 Å². The number of aliphatic imine (C=N–C) groups is 1. The van der Waals surface area contributed by atoms with Crippen molar-refractivity contribution < 1.29 is 19.0 Å². The van der Waals surface area contributed by atoms with Gasteiger partial charge in [0.05, 0.1) is 31.3 Å². The fourth-order valence-electron chi connectivity index (χ4n) is 2.96. The first-order chi connectivity index (χ1) is 12.0. The number of morpholine rings is 1. The van der Waals surface area contributed by atoms with E-state index in [1.165, 1.54) is 11.8 Å². The number of methoxy groups -OCH3 is 2. The predicted octanol–water partition coefficient (Wildman–Crippen LogP) is 2.78. The normalized spacial score (nSPS) is 25.3. The molecule has 0 aliphatic carbocycles. The van der Waals surface area contributed by atoms with Gasteiger partial charge >= 0.3 is 0 Å². The summed E-state index contributed by atoms with van der Waals surface area (Å²) >= 11 is 1.39. The number of amidine groups is 1. The Morgan fingerprint density at radius 2 is 1.96 bits per heavy atom. The van der Waals surface area contributed by atoms with Gasteiger partial charge in [-0.1, -0.05) is 0 Å². The summed E-state index contributed by atoms with van der Waals surface area (Å²) in [6.45, 7) is 5.53. The van der Waals surface area contributed by atoms with E-state index in [1.54, 1.807) is 20.3 Å². The third-order valence-corrected chi connectivity index (χ3v) is 5.07. The molecule has 2 heterocycles. The zero-order valence-corrected chi connectivity index (χ0v) is 15.6. The summed E-state index contributed by atoms with van der Waals surface area (Å²) < 4.78 is 16.4. The molecule has 0 bridgehead atoms. The average Bonchev–Trinajstić information content (AvgIpc) is 2.95. The van der Waals surface area contributed by atoms with Gasteiger partial charge in [-0.2, -0.15) is 4.99 Å². The smallest absolute Gasteiger partial charge is 0.286 e. The molecule has 0 unspecified atom stereocenters. The molecule has 2 atom stereocenters. The summed E-state index contributed by atoms with van der Waals surface area (Å²) in [6, 6.07) is 5.49. The van der Waals surface area contributed by atoms with Crippen LogP contribution in [-0.4, -0.2) is 55.5 Å². The second-order valence-electron chi connectivity index (χ2n) is 6.08. The molecule has 3 rings (SSSR count). The Balaban J connectivity index is 1.82. The molecule has 0 N–H and O–H groups in total. The highest BCUT2D eigenvalue weighted by Gasteiger charge is 2.31. The van der Waals surface area contributed by atoms with E-state index < -0.39 is 0 Å². The highest BCUT2D eigenvalue weighted by atomic mass is 32.2. The second-order valence-corrected chi connectivity index (χ2v) is 7.09. The van der Waals surface area contributed by atoms with Gasteiger partial charge in [0.1, 0.15) is 11.5 Å². The van der Waals surface area contributed by atoms with Crippen LogP contribution in [0.4, 0.5) is 0 Å². The number of carbonyl (C=O) groups is 1. The number of carbonyl (C=O) groups excluding carboxylic acids is 1. The molecule has 1 fully saturated rings. The van der Waals surface area contributed by atoms with Crippen molar-refractivity contribution in [1.82, 2.24) is 4.90 Å². The zero-order chi connectivity index (χ0) is 18.0. The molecule has 1 saturated heterocycles. The first kappa shape index (κ1) is 17.8. The van der Waals surface area contributed by atoms with Gasteiger partial charge in [-0.05, 0) is 49.9 Å². The minimum Gasteiger partial charge on any atom is -0.497 e. The number of nitrogens with zero attached hydrogens (tertiary/aromatic N) is 2. The Kier molecular flexibility index (Phi) is 5.34. The Hall–Kier alpha value is -1.99. The molecule has 1 aromatic carbocycles. The van der Waals surface area contributed by atoms with Crippen LogP contribution in [0.2, 0.25) is 0 Å². The number of hydrogen-bond donors (Lipinski definition) is 0. The van der Waals surface area contributed by atoms with Crippen molar-refractivity contribution in [3.05, 3.63) is 28.7 Å². The number of rotatable bonds is 3. The Morgan fingerprint density at radius 3 is 2.60 bits per heavy atom. The molecule has 0 spiro atoms. The maximum atomic E-state index is 12.3. The fraction of sp³-hybridized carbons (Fsp3) is 0.444. The van der Waals surface area contributed by atoms with E-state index in [-0.39, 0.29) is 18.1 Å². The molecular formula is C18H22N2O4S. The van der Waals surface area contributed by atoms with Crippen LogP contribution in [0, 0.1) is 0 Å². The minimum atomic E-state index is -0.225. The highest BCUT2D eigenvalue weighted by molar-refractivity contribution is 8.18. The summed E-state index contributed by atoms with van der Waals surface area (Å²) in [5.74, 6) is 1.17. The van der Waals surface area contributed by atoms with E-state index in [0.717, 1.165) is 23.8 Å². The quantitative estimate of drug-likeness (QED) is 0.771. The highest BCUT2D eigenvalue weighted by Crippen LogP contribution is 2.34. The molecule has 1 aromatic rings.